The van der Waals surface area contributed by atoms with Crippen LogP contribution in [-0.2, 0) is 6.42 Å². The molecule has 0 radical (unpaired) electrons. The van der Waals surface area contributed by atoms with E-state index in [-0.39, 0.29) is 11.5 Å². The lowest BCUT2D eigenvalue weighted by Crippen LogP contribution is -2.25. The molecule has 1 aromatic rings. The molecule has 0 aromatic heterocycles. The molecule has 23 heavy (non-hydrogen) atoms. The van der Waals surface area contributed by atoms with Crippen LogP contribution in [0.15, 0.2) is 17.7 Å². The van der Waals surface area contributed by atoms with Crippen molar-refractivity contribution in [2.75, 3.05) is 0 Å². The predicted molar refractivity (Wildman–Crippen MR) is 84.7 cm³/mol. The number of fused-ring (bicyclic) bond motifs is 2. The van der Waals surface area contributed by atoms with Crippen molar-refractivity contribution in [1.29, 1.82) is 0 Å². The lowest BCUT2D eigenvalue weighted by molar-refractivity contribution is -0.286. The fourth-order valence-corrected chi connectivity index (χ4v) is 4.30. The molecule has 2 nitrogen and oxygen atoms in total. The van der Waals surface area contributed by atoms with Crippen molar-refractivity contribution >= 4 is 6.08 Å². The minimum atomic E-state index is -3.53. The van der Waals surface area contributed by atoms with Crippen LogP contribution in [0.3, 0.4) is 0 Å². The first-order chi connectivity index (χ1) is 11.0. The summed E-state index contributed by atoms with van der Waals surface area (Å²) < 4.78 is 35.4. The van der Waals surface area contributed by atoms with Crippen molar-refractivity contribution < 1.29 is 18.3 Å². The summed E-state index contributed by atoms with van der Waals surface area (Å²) in [6.07, 6.45) is 7.30. The average molecular weight is 320 g/mol. The number of rotatable bonds is 3. The lowest BCUT2D eigenvalue weighted by atomic mass is 9.76. The number of ether oxygens (including phenoxy) is 2. The van der Waals surface area contributed by atoms with E-state index in [9.17, 15) is 8.78 Å². The first-order valence-corrected chi connectivity index (χ1v) is 8.67. The van der Waals surface area contributed by atoms with E-state index in [0.717, 1.165) is 23.5 Å². The Labute approximate surface area is 135 Å². The molecule has 0 bridgehead atoms. The van der Waals surface area contributed by atoms with Gasteiger partial charge in [-0.05, 0) is 67.2 Å². The zero-order valence-corrected chi connectivity index (χ0v) is 13.4. The molecule has 0 saturated heterocycles. The standard InChI is InChI=1S/C19H22F2O2/c1-2-3-12-4-6-13(7-5-12)14-8-15-10-17-18(11-16(15)9-14)23-19(20,21)22-17/h8,10-13H,2-7,9H2,1H3. The molecule has 4 rings (SSSR count). The van der Waals surface area contributed by atoms with Crippen molar-refractivity contribution in [1.82, 2.24) is 0 Å². The van der Waals surface area contributed by atoms with Crippen LogP contribution in [0.5, 0.6) is 11.5 Å². The molecule has 1 aromatic carbocycles. The minimum absolute atomic E-state index is 0.151. The second-order valence-corrected chi connectivity index (χ2v) is 7.07. The van der Waals surface area contributed by atoms with Crippen molar-refractivity contribution in [3.8, 4) is 11.5 Å². The van der Waals surface area contributed by atoms with Crippen LogP contribution in [0.25, 0.3) is 6.08 Å². The third kappa shape index (κ3) is 2.84. The average Bonchev–Trinajstić information content (AvgIpc) is 3.03. The Bertz CT molecular complexity index is 643. The SMILES string of the molecule is CCCC1CCC(C2=Cc3cc4c(cc3C2)OC(F)(F)O4)CC1. The smallest absolute Gasteiger partial charge is 0.395 e. The van der Waals surface area contributed by atoms with E-state index in [1.807, 2.05) is 0 Å². The first kappa shape index (κ1) is 15.0. The van der Waals surface area contributed by atoms with E-state index in [1.54, 1.807) is 12.1 Å². The van der Waals surface area contributed by atoms with Crippen LogP contribution in [0.2, 0.25) is 0 Å². The maximum atomic E-state index is 13.1. The fourth-order valence-electron chi connectivity index (χ4n) is 4.30. The molecular weight excluding hydrogens is 298 g/mol. The summed E-state index contributed by atoms with van der Waals surface area (Å²) in [4.78, 5) is 0. The molecular formula is C19H22F2O2. The molecule has 1 heterocycles. The number of hydrogen-bond acceptors (Lipinski definition) is 2. The van der Waals surface area contributed by atoms with Crippen molar-refractivity contribution in [3.63, 3.8) is 0 Å². The molecule has 4 heteroatoms. The second-order valence-electron chi connectivity index (χ2n) is 7.07. The molecule has 1 saturated carbocycles. The highest BCUT2D eigenvalue weighted by Crippen LogP contribution is 2.46. The second kappa shape index (κ2) is 5.50. The van der Waals surface area contributed by atoms with Gasteiger partial charge in [0.1, 0.15) is 0 Å². The van der Waals surface area contributed by atoms with Crippen LogP contribution in [0.4, 0.5) is 8.78 Å². The van der Waals surface area contributed by atoms with Crippen LogP contribution in [0.1, 0.15) is 56.6 Å². The van der Waals surface area contributed by atoms with Gasteiger partial charge in [-0.1, -0.05) is 31.4 Å². The summed E-state index contributed by atoms with van der Waals surface area (Å²) in [6.45, 7) is 2.26. The van der Waals surface area contributed by atoms with Gasteiger partial charge in [-0.3, -0.25) is 0 Å². The van der Waals surface area contributed by atoms with Gasteiger partial charge in [-0.25, -0.2) is 0 Å². The summed E-state index contributed by atoms with van der Waals surface area (Å²) in [5.74, 6) is 1.86. The number of hydrogen-bond donors (Lipinski definition) is 0. The van der Waals surface area contributed by atoms with E-state index >= 15 is 0 Å². The van der Waals surface area contributed by atoms with Gasteiger partial charge in [0.05, 0.1) is 0 Å². The van der Waals surface area contributed by atoms with E-state index < -0.39 is 6.29 Å². The number of allylic oxidation sites excluding steroid dienone is 1. The lowest BCUT2D eigenvalue weighted by Gasteiger charge is -2.29. The number of benzene rings is 1. The normalized spacial score (nSPS) is 27.7. The van der Waals surface area contributed by atoms with Gasteiger partial charge in [0.2, 0.25) is 0 Å². The molecule has 3 aliphatic rings. The molecule has 1 aliphatic heterocycles. The van der Waals surface area contributed by atoms with Gasteiger partial charge in [0.15, 0.2) is 11.5 Å². The van der Waals surface area contributed by atoms with Crippen LogP contribution >= 0.6 is 0 Å². The maximum Gasteiger partial charge on any atom is 0.586 e. The predicted octanol–water partition coefficient (Wildman–Crippen LogP) is 5.55. The highest BCUT2D eigenvalue weighted by Gasteiger charge is 2.44. The van der Waals surface area contributed by atoms with Crippen LogP contribution in [0, 0.1) is 11.8 Å². The van der Waals surface area contributed by atoms with E-state index in [2.05, 4.69) is 22.5 Å². The molecule has 0 amide bonds. The zero-order chi connectivity index (χ0) is 16.0. The van der Waals surface area contributed by atoms with Gasteiger partial charge >= 0.3 is 6.29 Å². The first-order valence-electron chi connectivity index (χ1n) is 8.67. The molecule has 0 spiro atoms. The third-order valence-electron chi connectivity index (χ3n) is 5.47. The van der Waals surface area contributed by atoms with Gasteiger partial charge < -0.3 is 9.47 Å². The van der Waals surface area contributed by atoms with Gasteiger partial charge in [-0.15, -0.1) is 8.78 Å². The fraction of sp³-hybridized carbons (Fsp3) is 0.579. The summed E-state index contributed by atoms with van der Waals surface area (Å²) in [6, 6.07) is 3.42. The molecule has 0 N–H and O–H groups in total. The number of halogens is 2. The zero-order valence-electron chi connectivity index (χ0n) is 13.4. The van der Waals surface area contributed by atoms with Gasteiger partial charge in [-0.2, -0.15) is 0 Å². The van der Waals surface area contributed by atoms with Crippen LogP contribution < -0.4 is 9.47 Å². The summed E-state index contributed by atoms with van der Waals surface area (Å²) in [5, 5.41) is 0. The highest BCUT2D eigenvalue weighted by atomic mass is 19.3. The third-order valence-corrected chi connectivity index (χ3v) is 5.47. The Morgan fingerprint density at radius 1 is 1.09 bits per heavy atom. The van der Waals surface area contributed by atoms with E-state index in [0.29, 0.717) is 5.92 Å². The van der Waals surface area contributed by atoms with Crippen molar-refractivity contribution in [3.05, 3.63) is 28.8 Å². The molecule has 1 fully saturated rings. The minimum Gasteiger partial charge on any atom is -0.395 e. The monoisotopic (exact) mass is 320 g/mol. The van der Waals surface area contributed by atoms with Crippen molar-refractivity contribution in [2.45, 2.75) is 58.2 Å². The van der Waals surface area contributed by atoms with E-state index in [1.165, 1.54) is 44.1 Å². The van der Waals surface area contributed by atoms with Crippen molar-refractivity contribution in [2.24, 2.45) is 11.8 Å². The Balaban J connectivity index is 1.47. The van der Waals surface area contributed by atoms with E-state index in [4.69, 9.17) is 0 Å². The van der Waals surface area contributed by atoms with Gasteiger partial charge in [0, 0.05) is 0 Å². The summed E-state index contributed by atoms with van der Waals surface area (Å²) in [5.41, 5.74) is 3.54. The Hall–Kier alpha value is -1.58. The largest absolute Gasteiger partial charge is 0.586 e. The molecule has 0 atom stereocenters. The Morgan fingerprint density at radius 2 is 1.78 bits per heavy atom. The highest BCUT2D eigenvalue weighted by molar-refractivity contribution is 5.68. The van der Waals surface area contributed by atoms with Crippen LogP contribution in [-0.4, -0.2) is 6.29 Å². The number of alkyl halides is 2. The Kier molecular flexibility index (Phi) is 3.58. The summed E-state index contributed by atoms with van der Waals surface area (Å²) in [7, 11) is 0. The molecule has 124 valence electrons. The Morgan fingerprint density at radius 3 is 2.48 bits per heavy atom. The summed E-state index contributed by atoms with van der Waals surface area (Å²) >= 11 is 0. The molecule has 0 unspecified atom stereocenters. The topological polar surface area (TPSA) is 18.5 Å². The molecule has 2 aliphatic carbocycles. The maximum absolute atomic E-state index is 13.1. The van der Waals surface area contributed by atoms with Gasteiger partial charge in [0.25, 0.3) is 0 Å². The quantitative estimate of drug-likeness (QED) is 0.726.